The average molecular weight is 578 g/mol. The molecule has 0 fully saturated rings. The molecule has 2 aliphatic heterocycles. The fourth-order valence-electron chi connectivity index (χ4n) is 4.27. The number of hydrogen-bond acceptors (Lipinski definition) is 6. The van der Waals surface area contributed by atoms with E-state index in [0.717, 1.165) is 5.56 Å². The van der Waals surface area contributed by atoms with Crippen LogP contribution in [-0.2, 0) is 20.9 Å². The third kappa shape index (κ3) is 6.08. The Morgan fingerprint density at radius 2 is 1.80 bits per heavy atom. The summed E-state index contributed by atoms with van der Waals surface area (Å²) < 4.78 is 13.2. The van der Waals surface area contributed by atoms with Crippen LogP contribution in [0.25, 0.3) is 0 Å². The molecule has 0 aromatic heterocycles. The van der Waals surface area contributed by atoms with E-state index in [1.165, 1.54) is 28.8 Å². The third-order valence-corrected chi connectivity index (χ3v) is 7.92. The van der Waals surface area contributed by atoms with E-state index in [1.807, 2.05) is 31.2 Å². The van der Waals surface area contributed by atoms with Gasteiger partial charge in [0.2, 0.25) is 11.8 Å². The second-order valence-corrected chi connectivity index (χ2v) is 10.8. The molecule has 0 radical (unpaired) electrons. The molecular weight excluding hydrogens is 553 g/mol. The number of nitrogens with zero attached hydrogens (tertiary/aromatic N) is 3. The van der Waals surface area contributed by atoms with Gasteiger partial charge in [-0.05, 0) is 60.5 Å². The van der Waals surface area contributed by atoms with Gasteiger partial charge in [-0.1, -0.05) is 54.6 Å². The van der Waals surface area contributed by atoms with Crippen LogP contribution in [0.4, 0.5) is 15.8 Å². The minimum atomic E-state index is -0.942. The number of thioether (sulfide) groups is 1. The fraction of sp³-hybridized carbons (Fsp3) is 0.207. The predicted octanol–water partition coefficient (Wildman–Crippen LogP) is 5.29. The molecule has 0 saturated carbocycles. The Hall–Kier alpha value is -4.02. The van der Waals surface area contributed by atoms with Gasteiger partial charge < -0.3 is 10.6 Å². The third-order valence-electron chi connectivity index (χ3n) is 6.35. The number of rotatable bonds is 8. The summed E-state index contributed by atoms with van der Waals surface area (Å²) in [5, 5.41) is 5.99. The fourth-order valence-corrected chi connectivity index (χ4v) is 5.42. The van der Waals surface area contributed by atoms with Gasteiger partial charge in [-0.15, -0.1) is 0 Å². The molecule has 0 aliphatic carbocycles. The van der Waals surface area contributed by atoms with E-state index in [-0.39, 0.29) is 36.5 Å². The second-order valence-electron chi connectivity index (χ2n) is 9.17. The van der Waals surface area contributed by atoms with Crippen LogP contribution in [0, 0.1) is 5.82 Å². The highest BCUT2D eigenvalue weighted by molar-refractivity contribution is 8.15. The molecule has 5 rings (SSSR count). The summed E-state index contributed by atoms with van der Waals surface area (Å²) in [6, 6.07) is 19.0. The number of carbonyl (C=O) groups excluding carboxylic acids is 3. The first-order valence-electron chi connectivity index (χ1n) is 12.7. The van der Waals surface area contributed by atoms with Crippen molar-refractivity contribution >= 4 is 63.5 Å². The molecule has 3 aromatic rings. The lowest BCUT2D eigenvalue weighted by Crippen LogP contribution is -2.43. The van der Waals surface area contributed by atoms with E-state index < -0.39 is 11.3 Å². The first-order valence-corrected chi connectivity index (χ1v) is 13.9. The van der Waals surface area contributed by atoms with Crippen molar-refractivity contribution in [2.45, 2.75) is 37.6 Å². The predicted molar refractivity (Wildman–Crippen MR) is 155 cm³/mol. The summed E-state index contributed by atoms with van der Waals surface area (Å²) in [5.41, 5.74) is 2.64. The van der Waals surface area contributed by atoms with Crippen LogP contribution in [0.5, 0.6) is 0 Å². The number of aliphatic imine (C=N–C) groups is 2. The summed E-state index contributed by atoms with van der Waals surface area (Å²) in [6.07, 6.45) is 0.322. The van der Waals surface area contributed by atoms with E-state index in [2.05, 4.69) is 15.6 Å². The highest BCUT2D eigenvalue weighted by Gasteiger charge is 2.43. The molecule has 2 N–H and O–H groups in total. The number of benzene rings is 3. The molecule has 0 bridgehead atoms. The van der Waals surface area contributed by atoms with Crippen LogP contribution < -0.4 is 10.6 Å². The van der Waals surface area contributed by atoms with Crippen molar-refractivity contribution in [3.05, 3.63) is 94.8 Å². The molecule has 0 saturated heterocycles. The molecule has 40 heavy (non-hydrogen) atoms. The molecule has 0 unspecified atom stereocenters. The van der Waals surface area contributed by atoms with Gasteiger partial charge in [0, 0.05) is 22.8 Å². The Bertz CT molecular complexity index is 1510. The van der Waals surface area contributed by atoms with Gasteiger partial charge in [-0.2, -0.15) is 0 Å². The van der Waals surface area contributed by atoms with E-state index in [9.17, 15) is 18.8 Å². The number of carbonyl (C=O) groups is 3. The van der Waals surface area contributed by atoms with Crippen LogP contribution in [0.2, 0.25) is 5.02 Å². The number of amides is 3. The monoisotopic (exact) mass is 577 g/mol. The maximum absolute atomic E-state index is 13.6. The Balaban J connectivity index is 1.32. The van der Waals surface area contributed by atoms with Crippen LogP contribution in [0.3, 0.4) is 0 Å². The number of hydrogen-bond donors (Lipinski definition) is 2. The zero-order valence-corrected chi connectivity index (χ0v) is 23.0. The van der Waals surface area contributed by atoms with E-state index >= 15 is 0 Å². The number of anilines is 1. The van der Waals surface area contributed by atoms with E-state index in [0.29, 0.717) is 39.4 Å². The van der Waals surface area contributed by atoms with Crippen LogP contribution in [0.15, 0.2) is 82.8 Å². The van der Waals surface area contributed by atoms with Gasteiger partial charge in [0.05, 0.1) is 17.4 Å². The number of halogens is 2. The Morgan fingerprint density at radius 1 is 1.07 bits per heavy atom. The first kappa shape index (κ1) is 27.5. The van der Waals surface area contributed by atoms with Crippen LogP contribution in [0.1, 0.15) is 30.9 Å². The normalized spacial score (nSPS) is 16.4. The molecule has 2 atom stereocenters. The van der Waals surface area contributed by atoms with Gasteiger partial charge in [0.1, 0.15) is 17.7 Å². The zero-order chi connectivity index (χ0) is 28.2. The average Bonchev–Trinajstić information content (AvgIpc) is 3.28. The van der Waals surface area contributed by atoms with Crippen molar-refractivity contribution in [1.29, 1.82) is 0 Å². The van der Waals surface area contributed by atoms with Gasteiger partial charge in [0.15, 0.2) is 5.17 Å². The van der Waals surface area contributed by atoms with Gasteiger partial charge in [-0.25, -0.2) is 14.3 Å². The smallest absolute Gasteiger partial charge is 0.259 e. The number of amidine groups is 2. The lowest BCUT2D eigenvalue weighted by atomic mass is 10.1. The Kier molecular flexibility index (Phi) is 8.27. The first-order chi connectivity index (χ1) is 19.3. The van der Waals surface area contributed by atoms with E-state index in [1.54, 1.807) is 36.4 Å². The van der Waals surface area contributed by atoms with E-state index in [4.69, 9.17) is 16.6 Å². The summed E-state index contributed by atoms with van der Waals surface area (Å²) in [7, 11) is 0. The minimum absolute atomic E-state index is 0.158. The molecular formula is C29H25ClFN5O3S. The molecule has 204 valence electrons. The van der Waals surface area contributed by atoms with Gasteiger partial charge in [-0.3, -0.25) is 19.4 Å². The summed E-state index contributed by atoms with van der Waals surface area (Å²) >= 11 is 7.12. The van der Waals surface area contributed by atoms with Crippen molar-refractivity contribution in [3.8, 4) is 0 Å². The molecule has 3 aromatic carbocycles. The molecule has 3 amide bonds. The van der Waals surface area contributed by atoms with Crippen molar-refractivity contribution in [2.75, 3.05) is 5.32 Å². The van der Waals surface area contributed by atoms with Crippen molar-refractivity contribution < 1.29 is 18.8 Å². The Morgan fingerprint density at radius 3 is 2.52 bits per heavy atom. The Labute approximate surface area is 239 Å². The van der Waals surface area contributed by atoms with Gasteiger partial charge in [0.25, 0.3) is 5.91 Å². The maximum Gasteiger partial charge on any atom is 0.259 e. The second kappa shape index (κ2) is 12.0. The highest BCUT2D eigenvalue weighted by Crippen LogP contribution is 2.36. The van der Waals surface area contributed by atoms with Crippen molar-refractivity contribution in [3.63, 3.8) is 0 Å². The minimum Gasteiger partial charge on any atom is -0.352 e. The quantitative estimate of drug-likeness (QED) is 0.379. The van der Waals surface area contributed by atoms with Gasteiger partial charge >= 0.3 is 0 Å². The topological polar surface area (TPSA) is 103 Å². The standard InChI is InChI=1S/C29H25ClFN5O3S/c1-2-24(27(38)33-20-13-9-18(30)10-14-20)40-29-35-22-6-4-3-5-21(22)26-34-23(28(39)36(26)29)15-25(37)32-16-17-7-11-19(31)12-8-17/h3-14,23-24H,2,15-16H2,1H3,(H,32,37)(H,33,38)/t23-,24-/m1/s1. The summed E-state index contributed by atoms with van der Waals surface area (Å²) in [4.78, 5) is 50.1. The number of nitrogens with one attached hydrogen (secondary N) is 2. The highest BCUT2D eigenvalue weighted by atomic mass is 35.5. The lowest BCUT2D eigenvalue weighted by molar-refractivity contribution is -0.128. The number of fused-ring (bicyclic) bond motifs is 3. The largest absolute Gasteiger partial charge is 0.352 e. The van der Waals surface area contributed by atoms with Crippen LogP contribution >= 0.6 is 23.4 Å². The van der Waals surface area contributed by atoms with Crippen LogP contribution in [-0.4, -0.2) is 44.9 Å². The molecule has 2 heterocycles. The number of para-hydroxylation sites is 1. The SMILES string of the molecule is CC[C@@H](SC1=Nc2ccccc2C2=N[C@H](CC(=O)NCc3ccc(F)cc3)C(=O)N12)C(=O)Nc1ccc(Cl)cc1. The zero-order valence-electron chi connectivity index (χ0n) is 21.4. The summed E-state index contributed by atoms with van der Waals surface area (Å²) in [5.74, 6) is -0.941. The summed E-state index contributed by atoms with van der Waals surface area (Å²) in [6.45, 7) is 2.08. The van der Waals surface area contributed by atoms with Crippen molar-refractivity contribution in [2.24, 2.45) is 9.98 Å². The molecule has 2 aliphatic rings. The molecule has 8 nitrogen and oxygen atoms in total. The molecule has 11 heteroatoms. The lowest BCUT2D eigenvalue weighted by Gasteiger charge is -2.27. The maximum atomic E-state index is 13.6. The van der Waals surface area contributed by atoms with Crippen molar-refractivity contribution in [1.82, 2.24) is 10.2 Å². The molecule has 0 spiro atoms.